The monoisotopic (exact) mass is 345 g/mol. The average molecular weight is 345 g/mol. The average Bonchev–Trinajstić information content (AvgIpc) is 3.28. The van der Waals surface area contributed by atoms with Crippen molar-refractivity contribution >= 4 is 22.9 Å². The second kappa shape index (κ2) is 8.85. The highest BCUT2D eigenvalue weighted by Crippen LogP contribution is 2.19. The Bertz CT molecular complexity index is 619. The van der Waals surface area contributed by atoms with Crippen LogP contribution in [0.1, 0.15) is 30.6 Å². The highest BCUT2D eigenvalue weighted by molar-refractivity contribution is 7.09. The lowest BCUT2D eigenvalue weighted by atomic mass is 10.2. The predicted molar refractivity (Wildman–Crippen MR) is 96.8 cm³/mol. The van der Waals surface area contributed by atoms with Crippen LogP contribution in [0.3, 0.4) is 0 Å². The van der Waals surface area contributed by atoms with Crippen molar-refractivity contribution in [2.45, 2.75) is 38.2 Å². The number of carbonyl (C=O) groups excluding carboxylic acids is 1. The highest BCUT2D eigenvalue weighted by atomic mass is 32.1. The molecule has 1 saturated heterocycles. The van der Waals surface area contributed by atoms with Crippen molar-refractivity contribution in [2.75, 3.05) is 18.5 Å². The summed E-state index contributed by atoms with van der Waals surface area (Å²) < 4.78 is 11.3. The van der Waals surface area contributed by atoms with Gasteiger partial charge in [0.15, 0.2) is 0 Å². The van der Waals surface area contributed by atoms with Crippen LogP contribution in [0.5, 0.6) is 5.75 Å². The van der Waals surface area contributed by atoms with Gasteiger partial charge in [0.25, 0.3) is 0 Å². The summed E-state index contributed by atoms with van der Waals surface area (Å²) in [7, 11) is 0. The Kier molecular flexibility index (Phi) is 6.26. The van der Waals surface area contributed by atoms with E-state index in [1.165, 1.54) is 4.88 Å². The molecule has 1 aromatic carbocycles. The van der Waals surface area contributed by atoms with Crippen molar-refractivity contribution in [2.24, 2.45) is 0 Å². The molecule has 1 N–H and O–H groups in total. The molecule has 0 spiro atoms. The number of nitrogens with one attached hydrogen (secondary N) is 1. The van der Waals surface area contributed by atoms with Crippen molar-refractivity contribution in [3.8, 4) is 5.75 Å². The van der Waals surface area contributed by atoms with Crippen LogP contribution in [0.4, 0.5) is 5.69 Å². The standard InChI is InChI=1S/C19H23NO3S/c21-19(7-1-5-18-6-3-13-24-18)20-15-8-10-16(11-9-15)23-14-17-4-2-12-22-17/h3,6,8-11,13,17H,1-2,4-5,7,12,14H2,(H,20,21). The fraction of sp³-hybridized carbons (Fsp3) is 0.421. The van der Waals surface area contributed by atoms with Crippen molar-refractivity contribution in [1.29, 1.82) is 0 Å². The Morgan fingerprint density at radius 2 is 2.17 bits per heavy atom. The van der Waals surface area contributed by atoms with E-state index in [0.29, 0.717) is 13.0 Å². The van der Waals surface area contributed by atoms with Gasteiger partial charge in [-0.15, -0.1) is 11.3 Å². The van der Waals surface area contributed by atoms with Gasteiger partial charge in [0, 0.05) is 23.6 Å². The van der Waals surface area contributed by atoms with Crippen LogP contribution in [-0.2, 0) is 16.0 Å². The maximum Gasteiger partial charge on any atom is 0.224 e. The number of anilines is 1. The summed E-state index contributed by atoms with van der Waals surface area (Å²) in [4.78, 5) is 13.3. The van der Waals surface area contributed by atoms with Gasteiger partial charge in [-0.3, -0.25) is 4.79 Å². The number of carbonyl (C=O) groups is 1. The van der Waals surface area contributed by atoms with E-state index in [9.17, 15) is 4.79 Å². The number of rotatable bonds is 8. The minimum Gasteiger partial charge on any atom is -0.491 e. The van der Waals surface area contributed by atoms with E-state index in [2.05, 4.69) is 16.8 Å². The quantitative estimate of drug-likeness (QED) is 0.777. The van der Waals surface area contributed by atoms with Gasteiger partial charge in [-0.2, -0.15) is 0 Å². The van der Waals surface area contributed by atoms with Gasteiger partial charge in [0.05, 0.1) is 6.10 Å². The predicted octanol–water partition coefficient (Wildman–Crippen LogP) is 4.27. The summed E-state index contributed by atoms with van der Waals surface area (Å²) >= 11 is 1.74. The van der Waals surface area contributed by atoms with Gasteiger partial charge >= 0.3 is 0 Å². The van der Waals surface area contributed by atoms with E-state index in [4.69, 9.17) is 9.47 Å². The highest BCUT2D eigenvalue weighted by Gasteiger charge is 2.15. The molecule has 1 aromatic heterocycles. The number of hydrogen-bond acceptors (Lipinski definition) is 4. The minimum absolute atomic E-state index is 0.0552. The van der Waals surface area contributed by atoms with Crippen LogP contribution in [0, 0.1) is 0 Å². The first-order valence-corrected chi connectivity index (χ1v) is 9.34. The van der Waals surface area contributed by atoms with Crippen LogP contribution in [0.15, 0.2) is 41.8 Å². The van der Waals surface area contributed by atoms with Gasteiger partial charge in [-0.1, -0.05) is 6.07 Å². The number of thiophene rings is 1. The molecule has 1 atom stereocenters. The number of ether oxygens (including phenoxy) is 2. The number of amides is 1. The molecule has 1 amide bonds. The van der Waals surface area contributed by atoms with Crippen molar-refractivity contribution < 1.29 is 14.3 Å². The number of benzene rings is 1. The van der Waals surface area contributed by atoms with Crippen molar-refractivity contribution in [1.82, 2.24) is 0 Å². The summed E-state index contributed by atoms with van der Waals surface area (Å²) in [5.74, 6) is 0.862. The zero-order valence-electron chi connectivity index (χ0n) is 13.7. The molecule has 1 aliphatic rings. The zero-order chi connectivity index (χ0) is 16.6. The van der Waals surface area contributed by atoms with Gasteiger partial charge in [-0.05, 0) is 61.4 Å². The zero-order valence-corrected chi connectivity index (χ0v) is 14.5. The lowest BCUT2D eigenvalue weighted by molar-refractivity contribution is -0.116. The molecular weight excluding hydrogens is 322 g/mol. The minimum atomic E-state index is 0.0552. The Morgan fingerprint density at radius 1 is 1.29 bits per heavy atom. The van der Waals surface area contributed by atoms with E-state index in [0.717, 1.165) is 43.7 Å². The summed E-state index contributed by atoms with van der Waals surface area (Å²) in [5.41, 5.74) is 0.806. The van der Waals surface area contributed by atoms with E-state index in [1.807, 2.05) is 30.3 Å². The first-order valence-electron chi connectivity index (χ1n) is 8.46. The molecule has 128 valence electrons. The lowest BCUT2D eigenvalue weighted by Crippen LogP contribution is -2.16. The van der Waals surface area contributed by atoms with E-state index in [-0.39, 0.29) is 12.0 Å². The van der Waals surface area contributed by atoms with Crippen molar-refractivity contribution in [3.63, 3.8) is 0 Å². The van der Waals surface area contributed by atoms with Crippen molar-refractivity contribution in [3.05, 3.63) is 46.7 Å². The molecule has 0 saturated carbocycles. The van der Waals surface area contributed by atoms with Crippen LogP contribution < -0.4 is 10.1 Å². The van der Waals surface area contributed by atoms with Gasteiger partial charge in [0.2, 0.25) is 5.91 Å². The van der Waals surface area contributed by atoms with Gasteiger partial charge in [0.1, 0.15) is 12.4 Å². The first kappa shape index (κ1) is 17.0. The molecule has 0 radical (unpaired) electrons. The third-order valence-corrected chi connectivity index (χ3v) is 4.94. The van der Waals surface area contributed by atoms with E-state index in [1.54, 1.807) is 11.3 Å². The molecule has 1 unspecified atom stereocenters. The third-order valence-electron chi connectivity index (χ3n) is 4.01. The van der Waals surface area contributed by atoms with E-state index < -0.39 is 0 Å². The molecule has 0 bridgehead atoms. The Labute approximate surface area is 146 Å². The largest absolute Gasteiger partial charge is 0.491 e. The third kappa shape index (κ3) is 5.35. The maximum atomic E-state index is 12.0. The molecule has 3 rings (SSSR count). The molecular formula is C19H23NO3S. The molecule has 2 heterocycles. The molecule has 5 heteroatoms. The molecule has 1 aliphatic heterocycles. The molecule has 0 aliphatic carbocycles. The Morgan fingerprint density at radius 3 is 2.88 bits per heavy atom. The van der Waals surface area contributed by atoms with Gasteiger partial charge in [-0.25, -0.2) is 0 Å². The fourth-order valence-electron chi connectivity index (χ4n) is 2.70. The normalized spacial score (nSPS) is 16.9. The smallest absolute Gasteiger partial charge is 0.224 e. The van der Waals surface area contributed by atoms with Crippen LogP contribution in [-0.4, -0.2) is 25.2 Å². The molecule has 24 heavy (non-hydrogen) atoms. The Hall–Kier alpha value is -1.85. The maximum absolute atomic E-state index is 12.0. The molecule has 1 fully saturated rings. The number of hydrogen-bond donors (Lipinski definition) is 1. The van der Waals surface area contributed by atoms with Gasteiger partial charge < -0.3 is 14.8 Å². The topological polar surface area (TPSA) is 47.6 Å². The SMILES string of the molecule is O=C(CCCc1cccs1)Nc1ccc(OCC2CCCO2)cc1. The molecule has 2 aromatic rings. The fourth-order valence-corrected chi connectivity index (χ4v) is 3.45. The van der Waals surface area contributed by atoms with Crippen LogP contribution in [0.25, 0.3) is 0 Å². The summed E-state index contributed by atoms with van der Waals surface area (Å²) in [6.07, 6.45) is 4.77. The Balaban J connectivity index is 1.37. The summed E-state index contributed by atoms with van der Waals surface area (Å²) in [6, 6.07) is 11.7. The summed E-state index contributed by atoms with van der Waals surface area (Å²) in [5, 5.41) is 5.00. The molecule has 4 nitrogen and oxygen atoms in total. The summed E-state index contributed by atoms with van der Waals surface area (Å²) in [6.45, 7) is 1.43. The number of aryl methyl sites for hydroxylation is 1. The first-order chi connectivity index (χ1) is 11.8. The van der Waals surface area contributed by atoms with Crippen LogP contribution >= 0.6 is 11.3 Å². The van der Waals surface area contributed by atoms with E-state index >= 15 is 0 Å². The second-order valence-corrected chi connectivity index (χ2v) is 6.98. The van der Waals surface area contributed by atoms with Crippen LogP contribution in [0.2, 0.25) is 0 Å². The second-order valence-electron chi connectivity index (χ2n) is 5.95. The lowest BCUT2D eigenvalue weighted by Gasteiger charge is -2.12.